The van der Waals surface area contributed by atoms with Crippen LogP contribution in [-0.2, 0) is 6.42 Å². The summed E-state index contributed by atoms with van der Waals surface area (Å²) in [6.45, 7) is 0. The molecule has 0 saturated heterocycles. The van der Waals surface area contributed by atoms with Gasteiger partial charge in [0.25, 0.3) is 0 Å². The summed E-state index contributed by atoms with van der Waals surface area (Å²) < 4.78 is 40.3. The molecule has 1 heterocycles. The molecular formula is C17H12F3NO. The lowest BCUT2D eigenvalue weighted by molar-refractivity contribution is -0.274. The van der Waals surface area contributed by atoms with Crippen molar-refractivity contribution in [2.24, 2.45) is 0 Å². The molecule has 0 aliphatic carbocycles. The Kier molecular flexibility index (Phi) is 3.71. The van der Waals surface area contributed by atoms with Crippen molar-refractivity contribution in [3.63, 3.8) is 0 Å². The minimum atomic E-state index is -4.66. The van der Waals surface area contributed by atoms with Crippen LogP contribution in [0.15, 0.2) is 60.8 Å². The highest BCUT2D eigenvalue weighted by atomic mass is 19.4. The van der Waals surface area contributed by atoms with Crippen LogP contribution in [0.2, 0.25) is 0 Å². The van der Waals surface area contributed by atoms with Crippen molar-refractivity contribution in [1.29, 1.82) is 0 Å². The van der Waals surface area contributed by atoms with Gasteiger partial charge in [0.2, 0.25) is 0 Å². The van der Waals surface area contributed by atoms with Gasteiger partial charge in [0.05, 0.1) is 5.52 Å². The Hall–Kier alpha value is -2.56. The zero-order valence-corrected chi connectivity index (χ0v) is 11.5. The van der Waals surface area contributed by atoms with Crippen molar-refractivity contribution in [1.82, 2.24) is 4.98 Å². The third-order valence-electron chi connectivity index (χ3n) is 3.29. The number of hydrogen-bond acceptors (Lipinski definition) is 2. The number of nitrogens with zero attached hydrogens (tertiary/aromatic N) is 1. The summed E-state index contributed by atoms with van der Waals surface area (Å²) in [7, 11) is 0. The Bertz CT molecular complexity index is 777. The van der Waals surface area contributed by atoms with Crippen LogP contribution in [0.3, 0.4) is 0 Å². The van der Waals surface area contributed by atoms with E-state index in [-0.39, 0.29) is 5.75 Å². The Morgan fingerprint density at radius 3 is 2.36 bits per heavy atom. The van der Waals surface area contributed by atoms with Crippen molar-refractivity contribution in [3.05, 3.63) is 71.9 Å². The maximum atomic E-state index is 12.1. The van der Waals surface area contributed by atoms with Crippen molar-refractivity contribution >= 4 is 10.9 Å². The molecule has 0 N–H and O–H groups in total. The van der Waals surface area contributed by atoms with Crippen LogP contribution in [0.25, 0.3) is 10.9 Å². The predicted octanol–water partition coefficient (Wildman–Crippen LogP) is 4.72. The number of para-hydroxylation sites is 1. The molecule has 0 spiro atoms. The first-order valence-electron chi connectivity index (χ1n) is 6.68. The van der Waals surface area contributed by atoms with Crippen LogP contribution in [-0.4, -0.2) is 11.3 Å². The highest BCUT2D eigenvalue weighted by molar-refractivity contribution is 5.82. The van der Waals surface area contributed by atoms with E-state index in [1.165, 1.54) is 12.1 Å². The van der Waals surface area contributed by atoms with Crippen molar-refractivity contribution in [2.75, 3.05) is 0 Å². The second-order valence-corrected chi connectivity index (χ2v) is 4.86. The normalized spacial score (nSPS) is 11.6. The summed E-state index contributed by atoms with van der Waals surface area (Å²) in [6.07, 6.45) is -2.31. The quantitative estimate of drug-likeness (QED) is 0.698. The number of ether oxygens (including phenoxy) is 1. The largest absolute Gasteiger partial charge is 0.573 e. The van der Waals surface area contributed by atoms with E-state index in [9.17, 15) is 13.2 Å². The van der Waals surface area contributed by atoms with Gasteiger partial charge in [-0.3, -0.25) is 4.98 Å². The van der Waals surface area contributed by atoms with E-state index in [1.54, 1.807) is 18.3 Å². The van der Waals surface area contributed by atoms with Crippen LogP contribution in [0.5, 0.6) is 5.75 Å². The van der Waals surface area contributed by atoms with Gasteiger partial charge < -0.3 is 4.74 Å². The van der Waals surface area contributed by atoms with Crippen LogP contribution < -0.4 is 4.74 Å². The lowest BCUT2D eigenvalue weighted by Crippen LogP contribution is -2.17. The Labute approximate surface area is 125 Å². The SMILES string of the molecule is FC(F)(F)Oc1ccc(Cc2ccnc3ccccc23)cc1. The highest BCUT2D eigenvalue weighted by Crippen LogP contribution is 2.24. The molecule has 0 saturated carbocycles. The zero-order chi connectivity index (χ0) is 15.6. The number of alkyl halides is 3. The highest BCUT2D eigenvalue weighted by Gasteiger charge is 2.30. The lowest BCUT2D eigenvalue weighted by atomic mass is 10.0. The molecular weight excluding hydrogens is 291 g/mol. The van der Waals surface area contributed by atoms with Crippen LogP contribution in [0, 0.1) is 0 Å². The van der Waals surface area contributed by atoms with Crippen molar-refractivity contribution in [3.8, 4) is 5.75 Å². The maximum Gasteiger partial charge on any atom is 0.573 e. The average Bonchev–Trinajstić information content (AvgIpc) is 2.48. The molecule has 112 valence electrons. The third kappa shape index (κ3) is 3.36. The molecule has 0 radical (unpaired) electrons. The van der Waals surface area contributed by atoms with Gasteiger partial charge in [-0.2, -0.15) is 0 Å². The first kappa shape index (κ1) is 14.4. The summed E-state index contributed by atoms with van der Waals surface area (Å²) in [5, 5.41) is 1.04. The molecule has 0 unspecified atom stereocenters. The molecule has 2 aromatic carbocycles. The smallest absolute Gasteiger partial charge is 0.406 e. The molecule has 0 atom stereocenters. The first-order chi connectivity index (χ1) is 10.5. The van der Waals surface area contributed by atoms with Crippen LogP contribution >= 0.6 is 0 Å². The fourth-order valence-electron chi connectivity index (χ4n) is 2.34. The Morgan fingerprint density at radius 2 is 1.64 bits per heavy atom. The number of aromatic nitrogens is 1. The number of benzene rings is 2. The molecule has 0 aliphatic heterocycles. The molecule has 22 heavy (non-hydrogen) atoms. The number of halogens is 3. The molecule has 1 aromatic heterocycles. The molecule has 2 nitrogen and oxygen atoms in total. The fraction of sp³-hybridized carbons (Fsp3) is 0.118. The molecule has 0 bridgehead atoms. The van der Waals surface area contributed by atoms with Gasteiger partial charge in [-0.1, -0.05) is 30.3 Å². The van der Waals surface area contributed by atoms with Crippen molar-refractivity contribution < 1.29 is 17.9 Å². The van der Waals surface area contributed by atoms with E-state index >= 15 is 0 Å². The Morgan fingerprint density at radius 1 is 0.909 bits per heavy atom. The molecule has 0 amide bonds. The van der Waals surface area contributed by atoms with Gasteiger partial charge >= 0.3 is 6.36 Å². The predicted molar refractivity (Wildman–Crippen MR) is 77.7 cm³/mol. The summed E-state index contributed by atoms with van der Waals surface area (Å²) >= 11 is 0. The molecule has 5 heteroatoms. The summed E-state index contributed by atoms with van der Waals surface area (Å²) in [5.74, 6) is -0.212. The minimum Gasteiger partial charge on any atom is -0.406 e. The Balaban J connectivity index is 1.83. The van der Waals surface area contributed by atoms with Crippen LogP contribution in [0.4, 0.5) is 13.2 Å². The van der Waals surface area contributed by atoms with Crippen LogP contribution in [0.1, 0.15) is 11.1 Å². The lowest BCUT2D eigenvalue weighted by Gasteiger charge is -2.10. The van der Waals surface area contributed by atoms with E-state index < -0.39 is 6.36 Å². The monoisotopic (exact) mass is 303 g/mol. The van der Waals surface area contributed by atoms with E-state index in [0.717, 1.165) is 22.0 Å². The van der Waals surface area contributed by atoms with E-state index in [2.05, 4.69) is 9.72 Å². The number of hydrogen-bond donors (Lipinski definition) is 0. The molecule has 3 aromatic rings. The summed E-state index contributed by atoms with van der Waals surface area (Å²) in [6, 6.07) is 15.6. The summed E-state index contributed by atoms with van der Waals surface area (Å²) in [4.78, 5) is 4.29. The standard InChI is InChI=1S/C17H12F3NO/c18-17(19,20)22-14-7-5-12(6-8-14)11-13-9-10-21-16-4-2-1-3-15(13)16/h1-10H,11H2. The topological polar surface area (TPSA) is 22.1 Å². The van der Waals surface area contributed by atoms with E-state index in [4.69, 9.17) is 0 Å². The van der Waals surface area contributed by atoms with Gasteiger partial charge in [0.15, 0.2) is 0 Å². The zero-order valence-electron chi connectivity index (χ0n) is 11.5. The average molecular weight is 303 g/mol. The maximum absolute atomic E-state index is 12.1. The number of pyridine rings is 1. The van der Waals surface area contributed by atoms with E-state index in [1.807, 2.05) is 30.3 Å². The van der Waals surface area contributed by atoms with E-state index in [0.29, 0.717) is 6.42 Å². The second kappa shape index (κ2) is 5.67. The second-order valence-electron chi connectivity index (χ2n) is 4.86. The molecule has 0 aliphatic rings. The van der Waals surface area contributed by atoms with Gasteiger partial charge in [-0.15, -0.1) is 13.2 Å². The molecule has 0 fully saturated rings. The first-order valence-corrected chi connectivity index (χ1v) is 6.68. The van der Waals surface area contributed by atoms with Crippen molar-refractivity contribution in [2.45, 2.75) is 12.8 Å². The minimum absolute atomic E-state index is 0.212. The molecule has 3 rings (SSSR count). The van der Waals surface area contributed by atoms with Gasteiger partial charge in [0, 0.05) is 11.6 Å². The third-order valence-corrected chi connectivity index (χ3v) is 3.29. The van der Waals surface area contributed by atoms with Gasteiger partial charge in [0.1, 0.15) is 5.75 Å². The van der Waals surface area contributed by atoms with Gasteiger partial charge in [-0.25, -0.2) is 0 Å². The van der Waals surface area contributed by atoms with Gasteiger partial charge in [-0.05, 0) is 41.8 Å². The summed E-state index contributed by atoms with van der Waals surface area (Å²) in [5.41, 5.74) is 2.89. The number of fused-ring (bicyclic) bond motifs is 1. The fourth-order valence-corrected chi connectivity index (χ4v) is 2.34. The number of rotatable bonds is 3.